The molecule has 0 radical (unpaired) electrons. The highest BCUT2D eigenvalue weighted by Gasteiger charge is 2.32. The second-order valence-corrected chi connectivity index (χ2v) is 5.20. The summed E-state index contributed by atoms with van der Waals surface area (Å²) in [5, 5.41) is 0. The van der Waals surface area contributed by atoms with Crippen molar-refractivity contribution < 1.29 is 22.4 Å². The Morgan fingerprint density at radius 1 is 1.41 bits per heavy atom. The van der Waals surface area contributed by atoms with E-state index in [1.165, 1.54) is 13.0 Å². The monoisotopic (exact) mass is 330 g/mol. The lowest BCUT2D eigenvalue weighted by molar-refractivity contribution is -0.116. The van der Waals surface area contributed by atoms with E-state index < -0.39 is 33.7 Å². The van der Waals surface area contributed by atoms with E-state index in [1.807, 2.05) is 0 Å². The molecule has 7 heteroatoms. The number of halogens is 5. The van der Waals surface area contributed by atoms with Crippen LogP contribution in [0.25, 0.3) is 0 Å². The SMILES string of the molecule is CC(=O)C(Br)c1c(F)cccc1SC(F)(F)F. The van der Waals surface area contributed by atoms with E-state index in [0.29, 0.717) is 0 Å². The smallest absolute Gasteiger partial charge is 0.298 e. The average molecular weight is 331 g/mol. The van der Waals surface area contributed by atoms with Crippen molar-refractivity contribution in [1.82, 2.24) is 0 Å². The molecule has 0 aliphatic carbocycles. The van der Waals surface area contributed by atoms with Crippen LogP contribution in [0.15, 0.2) is 23.1 Å². The van der Waals surface area contributed by atoms with Gasteiger partial charge in [-0.1, -0.05) is 22.0 Å². The molecule has 0 spiro atoms. The lowest BCUT2D eigenvalue weighted by Gasteiger charge is -2.14. The Morgan fingerprint density at radius 3 is 2.47 bits per heavy atom. The molecule has 0 saturated heterocycles. The van der Waals surface area contributed by atoms with Gasteiger partial charge >= 0.3 is 5.51 Å². The zero-order chi connectivity index (χ0) is 13.2. The molecule has 17 heavy (non-hydrogen) atoms. The Bertz CT molecular complexity index is 433. The van der Waals surface area contributed by atoms with Gasteiger partial charge < -0.3 is 0 Å². The fraction of sp³-hybridized carbons (Fsp3) is 0.300. The van der Waals surface area contributed by atoms with Gasteiger partial charge in [0.25, 0.3) is 0 Å². The van der Waals surface area contributed by atoms with Crippen molar-refractivity contribution in [3.8, 4) is 0 Å². The normalized spacial score (nSPS) is 13.5. The van der Waals surface area contributed by atoms with E-state index in [0.717, 1.165) is 12.1 Å². The lowest BCUT2D eigenvalue weighted by Crippen LogP contribution is -2.08. The molecule has 1 rings (SSSR count). The van der Waals surface area contributed by atoms with Crippen LogP contribution in [-0.4, -0.2) is 11.3 Å². The maximum absolute atomic E-state index is 13.5. The Labute approximate surface area is 108 Å². The van der Waals surface area contributed by atoms with Gasteiger partial charge in [0.1, 0.15) is 16.4 Å². The minimum atomic E-state index is -4.52. The molecule has 1 aromatic rings. The van der Waals surface area contributed by atoms with Gasteiger partial charge in [0.2, 0.25) is 0 Å². The molecule has 0 aromatic heterocycles. The summed E-state index contributed by atoms with van der Waals surface area (Å²) in [6.07, 6.45) is 0. The van der Waals surface area contributed by atoms with Gasteiger partial charge in [0, 0.05) is 10.5 Å². The molecule has 0 N–H and O–H groups in total. The highest BCUT2D eigenvalue weighted by Crippen LogP contribution is 2.42. The predicted molar refractivity (Wildman–Crippen MR) is 60.7 cm³/mol. The van der Waals surface area contributed by atoms with Crippen molar-refractivity contribution in [2.75, 3.05) is 0 Å². The Balaban J connectivity index is 3.22. The van der Waals surface area contributed by atoms with Crippen molar-refractivity contribution in [3.05, 3.63) is 29.6 Å². The summed E-state index contributed by atoms with van der Waals surface area (Å²) < 4.78 is 50.2. The molecular formula is C10H7BrF4OS. The molecule has 0 aliphatic heterocycles. The third-order valence-corrected chi connectivity index (χ3v) is 3.76. The number of carbonyl (C=O) groups is 1. The maximum atomic E-state index is 13.5. The molecule has 1 aromatic carbocycles. The molecule has 1 unspecified atom stereocenters. The van der Waals surface area contributed by atoms with Gasteiger partial charge in [-0.25, -0.2) is 4.39 Å². The summed E-state index contributed by atoms with van der Waals surface area (Å²) in [7, 11) is 0. The minimum Gasteiger partial charge on any atom is -0.298 e. The Hall–Kier alpha value is -0.560. The quantitative estimate of drug-likeness (QED) is 0.462. The summed E-state index contributed by atoms with van der Waals surface area (Å²) in [4.78, 5) is 9.72. The summed E-state index contributed by atoms with van der Waals surface area (Å²) in [5.74, 6) is -1.30. The van der Waals surface area contributed by atoms with Crippen molar-refractivity contribution in [1.29, 1.82) is 0 Å². The third kappa shape index (κ3) is 3.99. The van der Waals surface area contributed by atoms with Gasteiger partial charge in [0.15, 0.2) is 0 Å². The van der Waals surface area contributed by atoms with E-state index >= 15 is 0 Å². The van der Waals surface area contributed by atoms with E-state index in [4.69, 9.17) is 0 Å². The van der Waals surface area contributed by atoms with Gasteiger partial charge in [-0.15, -0.1) is 0 Å². The van der Waals surface area contributed by atoms with E-state index in [-0.39, 0.29) is 10.5 Å². The molecule has 0 aliphatic rings. The predicted octanol–water partition coefficient (Wildman–Crippen LogP) is 4.46. The molecule has 94 valence electrons. The van der Waals surface area contributed by atoms with E-state index in [1.54, 1.807) is 0 Å². The van der Waals surface area contributed by atoms with E-state index in [2.05, 4.69) is 15.9 Å². The van der Waals surface area contributed by atoms with Crippen molar-refractivity contribution in [3.63, 3.8) is 0 Å². The van der Waals surface area contributed by atoms with Gasteiger partial charge in [-0.2, -0.15) is 13.2 Å². The largest absolute Gasteiger partial charge is 0.446 e. The first kappa shape index (κ1) is 14.5. The number of thioether (sulfide) groups is 1. The standard InChI is InChI=1S/C10H7BrF4OS/c1-5(16)9(11)8-6(12)3-2-4-7(8)17-10(13,14)15/h2-4,9H,1H3. The lowest BCUT2D eigenvalue weighted by atomic mass is 10.1. The molecule has 0 saturated carbocycles. The minimum absolute atomic E-state index is 0.276. The summed E-state index contributed by atoms with van der Waals surface area (Å²) in [6.45, 7) is 1.17. The van der Waals surface area contributed by atoms with Crippen LogP contribution in [-0.2, 0) is 4.79 Å². The van der Waals surface area contributed by atoms with Crippen LogP contribution in [0, 0.1) is 5.82 Å². The first-order valence-electron chi connectivity index (χ1n) is 4.41. The maximum Gasteiger partial charge on any atom is 0.446 e. The number of carbonyl (C=O) groups excluding carboxylic acids is 1. The highest BCUT2D eigenvalue weighted by atomic mass is 79.9. The first-order chi connectivity index (χ1) is 7.72. The van der Waals surface area contributed by atoms with Crippen molar-refractivity contribution in [2.45, 2.75) is 22.2 Å². The Kier molecular flexibility index (Phi) is 4.60. The number of hydrogen-bond acceptors (Lipinski definition) is 2. The fourth-order valence-electron chi connectivity index (χ4n) is 1.18. The van der Waals surface area contributed by atoms with Gasteiger partial charge in [0.05, 0.1) is 0 Å². The molecule has 1 atom stereocenters. The molecule has 0 fully saturated rings. The number of hydrogen-bond donors (Lipinski definition) is 0. The second-order valence-electron chi connectivity index (χ2n) is 3.17. The molecule has 0 heterocycles. The van der Waals surface area contributed by atoms with Crippen LogP contribution >= 0.6 is 27.7 Å². The number of Topliss-reactive ketones (excluding diaryl/α,β-unsaturated/α-hetero) is 1. The van der Waals surface area contributed by atoms with Crippen LogP contribution in [0.2, 0.25) is 0 Å². The highest BCUT2D eigenvalue weighted by molar-refractivity contribution is 9.09. The summed E-state index contributed by atoms with van der Waals surface area (Å²) >= 11 is 2.45. The van der Waals surface area contributed by atoms with E-state index in [9.17, 15) is 22.4 Å². The number of ketones is 1. The number of rotatable bonds is 3. The second kappa shape index (κ2) is 5.39. The first-order valence-corrected chi connectivity index (χ1v) is 6.14. The van der Waals surface area contributed by atoms with Crippen molar-refractivity contribution in [2.24, 2.45) is 0 Å². The molecular weight excluding hydrogens is 324 g/mol. The molecule has 1 nitrogen and oxygen atoms in total. The number of alkyl halides is 4. The number of benzene rings is 1. The van der Waals surface area contributed by atoms with Crippen LogP contribution in [0.5, 0.6) is 0 Å². The summed E-state index contributed by atoms with van der Waals surface area (Å²) in [6, 6.07) is 3.33. The average Bonchev–Trinajstić information content (AvgIpc) is 2.14. The molecule has 0 bridgehead atoms. The zero-order valence-corrected chi connectivity index (χ0v) is 10.9. The van der Waals surface area contributed by atoms with Crippen LogP contribution in [0.1, 0.15) is 17.3 Å². The fourth-order valence-corrected chi connectivity index (χ4v) is 2.52. The zero-order valence-electron chi connectivity index (χ0n) is 8.52. The van der Waals surface area contributed by atoms with Gasteiger partial charge in [-0.3, -0.25) is 4.79 Å². The topological polar surface area (TPSA) is 17.1 Å². The summed E-state index contributed by atoms with van der Waals surface area (Å²) in [5.41, 5.74) is -4.80. The third-order valence-electron chi connectivity index (χ3n) is 1.85. The Morgan fingerprint density at radius 2 is 2.00 bits per heavy atom. The van der Waals surface area contributed by atoms with Crippen LogP contribution < -0.4 is 0 Å². The van der Waals surface area contributed by atoms with Gasteiger partial charge in [-0.05, 0) is 30.8 Å². The van der Waals surface area contributed by atoms with Crippen LogP contribution in [0.3, 0.4) is 0 Å². The molecule has 0 amide bonds. The van der Waals surface area contributed by atoms with Crippen LogP contribution in [0.4, 0.5) is 17.6 Å². The van der Waals surface area contributed by atoms with Crippen molar-refractivity contribution >= 4 is 33.5 Å².